The Morgan fingerprint density at radius 3 is 3.00 bits per heavy atom. The monoisotopic (exact) mass is 229 g/mol. The summed E-state index contributed by atoms with van der Waals surface area (Å²) < 4.78 is 13.4. The summed E-state index contributed by atoms with van der Waals surface area (Å²) >= 11 is 0. The minimum Gasteiger partial charge on any atom is -0.330 e. The molecular weight excluding hydrogens is 210 g/mol. The van der Waals surface area contributed by atoms with E-state index < -0.39 is 10.8 Å². The lowest BCUT2D eigenvalue weighted by atomic mass is 10.3. The third-order valence-electron chi connectivity index (χ3n) is 2.36. The van der Waals surface area contributed by atoms with E-state index in [4.69, 9.17) is 5.73 Å². The molecule has 0 aromatic carbocycles. The highest BCUT2D eigenvalue weighted by Crippen LogP contribution is 2.10. The third-order valence-corrected chi connectivity index (χ3v) is 3.67. The highest BCUT2D eigenvalue weighted by Gasteiger charge is 2.07. The highest BCUT2D eigenvalue weighted by molar-refractivity contribution is 7.84. The number of hydrogen-bond acceptors (Lipinski definition) is 3. The van der Waals surface area contributed by atoms with Gasteiger partial charge in [0, 0.05) is 35.3 Å². The number of nitrogens with zero attached hydrogens (tertiary/aromatic N) is 2. The summed E-state index contributed by atoms with van der Waals surface area (Å²) in [6, 6.07) is 2.34. The standard InChI is InChI=1S/C10H19N3OS/c1-3-9(2)13-6-4-10(12-13)8-15(14)7-5-11/h4,6,9H,3,5,7-8,11H2,1-2H3. The van der Waals surface area contributed by atoms with Gasteiger partial charge in [-0.25, -0.2) is 0 Å². The smallest absolute Gasteiger partial charge is 0.0749 e. The number of nitrogens with two attached hydrogens (primary N) is 1. The Kier molecular flexibility index (Phi) is 4.98. The molecule has 2 atom stereocenters. The summed E-state index contributed by atoms with van der Waals surface area (Å²) in [6.45, 7) is 4.71. The van der Waals surface area contributed by atoms with Crippen molar-refractivity contribution in [3.05, 3.63) is 18.0 Å². The highest BCUT2D eigenvalue weighted by atomic mass is 32.2. The van der Waals surface area contributed by atoms with Crippen molar-refractivity contribution < 1.29 is 4.21 Å². The molecule has 0 saturated heterocycles. The molecule has 0 aliphatic carbocycles. The molecule has 5 heteroatoms. The van der Waals surface area contributed by atoms with Crippen LogP contribution in [-0.2, 0) is 16.6 Å². The van der Waals surface area contributed by atoms with E-state index in [-0.39, 0.29) is 0 Å². The van der Waals surface area contributed by atoms with Crippen LogP contribution in [-0.4, -0.2) is 26.3 Å². The maximum atomic E-state index is 11.4. The van der Waals surface area contributed by atoms with E-state index in [1.807, 2.05) is 16.9 Å². The molecule has 0 aliphatic heterocycles. The van der Waals surface area contributed by atoms with Gasteiger partial charge in [-0.2, -0.15) is 5.10 Å². The van der Waals surface area contributed by atoms with Crippen molar-refractivity contribution in [2.75, 3.05) is 12.3 Å². The van der Waals surface area contributed by atoms with Gasteiger partial charge < -0.3 is 5.73 Å². The van der Waals surface area contributed by atoms with Crippen LogP contribution in [0.5, 0.6) is 0 Å². The predicted molar refractivity (Wildman–Crippen MR) is 63.0 cm³/mol. The quantitative estimate of drug-likeness (QED) is 0.793. The lowest BCUT2D eigenvalue weighted by Gasteiger charge is -2.07. The van der Waals surface area contributed by atoms with Crippen LogP contribution in [0, 0.1) is 0 Å². The lowest BCUT2D eigenvalue weighted by molar-refractivity contribution is 0.475. The van der Waals surface area contributed by atoms with E-state index in [1.54, 1.807) is 0 Å². The molecule has 0 radical (unpaired) electrons. The fraction of sp³-hybridized carbons (Fsp3) is 0.700. The van der Waals surface area contributed by atoms with Crippen molar-refractivity contribution in [1.29, 1.82) is 0 Å². The molecule has 1 aromatic rings. The Hall–Kier alpha value is -0.680. The minimum absolute atomic E-state index is 0.404. The van der Waals surface area contributed by atoms with Gasteiger partial charge in [0.05, 0.1) is 11.4 Å². The first-order chi connectivity index (χ1) is 7.17. The average Bonchev–Trinajstić information content (AvgIpc) is 2.65. The van der Waals surface area contributed by atoms with Crippen LogP contribution in [0.2, 0.25) is 0 Å². The van der Waals surface area contributed by atoms with Gasteiger partial charge in [0.2, 0.25) is 0 Å². The minimum atomic E-state index is -0.874. The topological polar surface area (TPSA) is 60.9 Å². The van der Waals surface area contributed by atoms with Crippen LogP contribution in [0.25, 0.3) is 0 Å². The molecule has 86 valence electrons. The van der Waals surface area contributed by atoms with Crippen molar-refractivity contribution in [2.24, 2.45) is 5.73 Å². The van der Waals surface area contributed by atoms with Gasteiger partial charge in [-0.15, -0.1) is 0 Å². The molecule has 0 saturated carbocycles. The zero-order valence-corrected chi connectivity index (χ0v) is 10.2. The molecule has 15 heavy (non-hydrogen) atoms. The maximum absolute atomic E-state index is 11.4. The maximum Gasteiger partial charge on any atom is 0.0749 e. The van der Waals surface area contributed by atoms with E-state index in [2.05, 4.69) is 18.9 Å². The zero-order chi connectivity index (χ0) is 11.3. The second-order valence-corrected chi connectivity index (χ2v) is 5.20. The first-order valence-corrected chi connectivity index (χ1v) is 6.75. The molecule has 2 N–H and O–H groups in total. The fourth-order valence-electron chi connectivity index (χ4n) is 1.26. The van der Waals surface area contributed by atoms with Crippen LogP contribution >= 0.6 is 0 Å². The molecule has 0 amide bonds. The van der Waals surface area contributed by atoms with Gasteiger partial charge in [0.1, 0.15) is 0 Å². The van der Waals surface area contributed by atoms with Gasteiger partial charge in [0.25, 0.3) is 0 Å². The summed E-state index contributed by atoms with van der Waals surface area (Å²) in [5.41, 5.74) is 6.23. The number of hydrogen-bond donors (Lipinski definition) is 1. The summed E-state index contributed by atoms with van der Waals surface area (Å²) in [4.78, 5) is 0. The van der Waals surface area contributed by atoms with Crippen LogP contribution in [0.1, 0.15) is 32.0 Å². The van der Waals surface area contributed by atoms with Gasteiger partial charge in [0.15, 0.2) is 0 Å². The van der Waals surface area contributed by atoms with Crippen molar-refractivity contribution in [2.45, 2.75) is 32.1 Å². The summed E-state index contributed by atoms with van der Waals surface area (Å²) in [7, 11) is -0.874. The summed E-state index contributed by atoms with van der Waals surface area (Å²) in [5, 5.41) is 4.39. The van der Waals surface area contributed by atoms with Gasteiger partial charge >= 0.3 is 0 Å². The molecule has 0 bridgehead atoms. The molecule has 0 aliphatic rings. The number of aromatic nitrogens is 2. The van der Waals surface area contributed by atoms with Crippen LogP contribution in [0.3, 0.4) is 0 Å². The zero-order valence-electron chi connectivity index (χ0n) is 9.35. The summed E-state index contributed by atoms with van der Waals surface area (Å²) in [5.74, 6) is 1.07. The Morgan fingerprint density at radius 2 is 2.40 bits per heavy atom. The Bertz CT molecular complexity index is 324. The van der Waals surface area contributed by atoms with Crippen molar-refractivity contribution in [3.63, 3.8) is 0 Å². The SMILES string of the molecule is CCC(C)n1ccc(CS(=O)CCN)n1. The third kappa shape index (κ3) is 3.76. The van der Waals surface area contributed by atoms with E-state index in [1.165, 1.54) is 0 Å². The van der Waals surface area contributed by atoms with E-state index in [0.717, 1.165) is 12.1 Å². The first-order valence-electron chi connectivity index (χ1n) is 5.26. The fourth-order valence-corrected chi connectivity index (χ4v) is 2.15. The molecule has 4 nitrogen and oxygen atoms in total. The molecule has 1 rings (SSSR count). The largest absolute Gasteiger partial charge is 0.330 e. The molecule has 1 heterocycles. The van der Waals surface area contributed by atoms with Gasteiger partial charge in [-0.05, 0) is 19.4 Å². The second kappa shape index (κ2) is 6.02. The first kappa shape index (κ1) is 12.4. The van der Waals surface area contributed by atoms with Crippen molar-refractivity contribution in [3.8, 4) is 0 Å². The summed E-state index contributed by atoms with van der Waals surface area (Å²) in [6.07, 6.45) is 3.00. The van der Waals surface area contributed by atoms with Crippen LogP contribution in [0.15, 0.2) is 12.3 Å². The molecule has 1 aromatic heterocycles. The second-order valence-electron chi connectivity index (χ2n) is 3.62. The Balaban J connectivity index is 2.56. The Labute approximate surface area is 93.3 Å². The Morgan fingerprint density at radius 1 is 1.67 bits per heavy atom. The normalized spacial score (nSPS) is 15.1. The van der Waals surface area contributed by atoms with E-state index in [9.17, 15) is 4.21 Å². The van der Waals surface area contributed by atoms with E-state index in [0.29, 0.717) is 24.1 Å². The van der Waals surface area contributed by atoms with E-state index >= 15 is 0 Å². The van der Waals surface area contributed by atoms with Gasteiger partial charge in [-0.3, -0.25) is 8.89 Å². The number of rotatable bonds is 6. The lowest BCUT2D eigenvalue weighted by Crippen LogP contribution is -2.12. The molecule has 0 spiro atoms. The van der Waals surface area contributed by atoms with Gasteiger partial charge in [-0.1, -0.05) is 6.92 Å². The van der Waals surface area contributed by atoms with Crippen LogP contribution < -0.4 is 5.73 Å². The van der Waals surface area contributed by atoms with Crippen LogP contribution in [0.4, 0.5) is 0 Å². The molecule has 0 fully saturated rings. The molecular formula is C10H19N3OS. The predicted octanol–water partition coefficient (Wildman–Crippen LogP) is 1.06. The average molecular weight is 229 g/mol. The van der Waals surface area contributed by atoms with Crippen molar-refractivity contribution in [1.82, 2.24) is 9.78 Å². The van der Waals surface area contributed by atoms with Crippen molar-refractivity contribution >= 4 is 10.8 Å². The molecule has 2 unspecified atom stereocenters.